The average molecular weight is 373 g/mol. The second-order valence-electron chi connectivity index (χ2n) is 8.43. The summed E-state index contributed by atoms with van der Waals surface area (Å²) in [7, 11) is 0. The summed E-state index contributed by atoms with van der Waals surface area (Å²) in [4.78, 5) is 32.6. The number of aliphatic hydroxyl groups is 1. The number of nitrogens with zero attached hydrogens (tertiary/aromatic N) is 3. The molecule has 27 heavy (non-hydrogen) atoms. The van der Waals surface area contributed by atoms with Gasteiger partial charge in [0.2, 0.25) is 5.91 Å². The number of hydrogen-bond donors (Lipinski definition) is 1. The number of amides is 2. The molecular formula is C21H31N3O3. The fourth-order valence-electron chi connectivity index (χ4n) is 4.20. The van der Waals surface area contributed by atoms with Gasteiger partial charge in [0.15, 0.2) is 0 Å². The zero-order chi connectivity index (χ0) is 19.4. The minimum Gasteiger partial charge on any atom is -0.383 e. The Morgan fingerprint density at radius 1 is 1.22 bits per heavy atom. The molecule has 148 valence electrons. The fourth-order valence-corrected chi connectivity index (χ4v) is 4.20. The highest BCUT2D eigenvalue weighted by atomic mass is 16.3. The van der Waals surface area contributed by atoms with Crippen LogP contribution in [0.15, 0.2) is 24.5 Å². The Morgan fingerprint density at radius 2 is 1.89 bits per heavy atom. The molecule has 2 fully saturated rings. The van der Waals surface area contributed by atoms with Gasteiger partial charge in [-0.2, -0.15) is 0 Å². The number of likely N-dealkylation sites (tertiary alicyclic amines) is 2. The van der Waals surface area contributed by atoms with Gasteiger partial charge in [-0.05, 0) is 54.7 Å². The molecule has 0 bridgehead atoms. The largest absolute Gasteiger partial charge is 0.383 e. The van der Waals surface area contributed by atoms with Crippen LogP contribution >= 0.6 is 0 Å². The van der Waals surface area contributed by atoms with Crippen LogP contribution in [0.25, 0.3) is 0 Å². The Morgan fingerprint density at radius 3 is 2.52 bits per heavy atom. The van der Waals surface area contributed by atoms with Gasteiger partial charge in [-0.1, -0.05) is 13.8 Å². The van der Waals surface area contributed by atoms with Gasteiger partial charge >= 0.3 is 0 Å². The topological polar surface area (TPSA) is 73.7 Å². The first-order valence-corrected chi connectivity index (χ1v) is 10.0. The molecule has 1 spiro atoms. The van der Waals surface area contributed by atoms with E-state index >= 15 is 0 Å². The normalized spacial score (nSPS) is 21.0. The lowest BCUT2D eigenvalue weighted by Gasteiger charge is -2.47. The van der Waals surface area contributed by atoms with Crippen LogP contribution in [0.4, 0.5) is 0 Å². The smallest absolute Gasteiger partial charge is 0.251 e. The summed E-state index contributed by atoms with van der Waals surface area (Å²) in [5, 5.41) is 10.1. The Bertz CT molecular complexity index is 654. The molecule has 2 amide bonds. The minimum atomic E-state index is -0.913. The van der Waals surface area contributed by atoms with E-state index in [0.717, 1.165) is 38.8 Å². The van der Waals surface area contributed by atoms with E-state index in [2.05, 4.69) is 4.98 Å². The highest BCUT2D eigenvalue weighted by Gasteiger charge is 2.42. The molecule has 0 aliphatic carbocycles. The van der Waals surface area contributed by atoms with Gasteiger partial charge in [0.25, 0.3) is 5.91 Å². The van der Waals surface area contributed by atoms with Gasteiger partial charge in [-0.25, -0.2) is 0 Å². The first-order valence-electron chi connectivity index (χ1n) is 10.0. The molecule has 0 saturated carbocycles. The Balaban J connectivity index is 1.56. The average Bonchev–Trinajstić information content (AvgIpc) is 2.69. The molecule has 1 atom stereocenters. The second-order valence-corrected chi connectivity index (χ2v) is 8.43. The van der Waals surface area contributed by atoms with Gasteiger partial charge in [-0.15, -0.1) is 0 Å². The first kappa shape index (κ1) is 19.8. The monoisotopic (exact) mass is 373 g/mol. The van der Waals surface area contributed by atoms with Crippen LogP contribution < -0.4 is 0 Å². The quantitative estimate of drug-likeness (QED) is 0.855. The maximum Gasteiger partial charge on any atom is 0.251 e. The Labute approximate surface area is 161 Å². The highest BCUT2D eigenvalue weighted by Crippen LogP contribution is 2.40. The van der Waals surface area contributed by atoms with Gasteiger partial charge in [0, 0.05) is 45.0 Å². The van der Waals surface area contributed by atoms with E-state index in [1.807, 2.05) is 30.9 Å². The Hall–Kier alpha value is -1.95. The van der Waals surface area contributed by atoms with E-state index in [-0.39, 0.29) is 23.1 Å². The molecule has 0 radical (unpaired) electrons. The van der Waals surface area contributed by atoms with Crippen molar-refractivity contribution in [2.24, 2.45) is 11.3 Å². The van der Waals surface area contributed by atoms with Crippen molar-refractivity contribution in [3.05, 3.63) is 30.1 Å². The molecule has 0 unspecified atom stereocenters. The molecular weight excluding hydrogens is 342 g/mol. The molecule has 2 aliphatic rings. The molecule has 0 aromatic carbocycles. The van der Waals surface area contributed by atoms with Crippen molar-refractivity contribution in [1.82, 2.24) is 14.8 Å². The molecule has 6 nitrogen and oxygen atoms in total. The van der Waals surface area contributed by atoms with Crippen LogP contribution in [0.2, 0.25) is 0 Å². The number of pyridine rings is 1. The first-order chi connectivity index (χ1) is 12.9. The van der Waals surface area contributed by atoms with Gasteiger partial charge in [0.1, 0.15) is 6.10 Å². The lowest BCUT2D eigenvalue weighted by atomic mass is 9.72. The fraction of sp³-hybridized carbons (Fsp3) is 0.667. The molecule has 1 N–H and O–H groups in total. The molecule has 2 saturated heterocycles. The van der Waals surface area contributed by atoms with E-state index in [1.165, 1.54) is 5.56 Å². The summed E-state index contributed by atoms with van der Waals surface area (Å²) >= 11 is 0. The SMILES string of the molecule is CC(C)[C@H](O)C(=O)N1CCC2(CCC(=O)N(CCc3ccncc3)C2)CC1. The summed E-state index contributed by atoms with van der Waals surface area (Å²) in [6.45, 7) is 6.60. The van der Waals surface area contributed by atoms with Crippen molar-refractivity contribution in [2.75, 3.05) is 26.2 Å². The number of piperidine rings is 2. The molecule has 6 heteroatoms. The summed E-state index contributed by atoms with van der Waals surface area (Å²) in [5.41, 5.74) is 1.31. The predicted molar refractivity (Wildman–Crippen MR) is 103 cm³/mol. The predicted octanol–water partition coefficient (Wildman–Crippen LogP) is 1.87. The van der Waals surface area contributed by atoms with Crippen molar-refractivity contribution >= 4 is 11.8 Å². The summed E-state index contributed by atoms with van der Waals surface area (Å²) in [6, 6.07) is 3.99. The Kier molecular flexibility index (Phi) is 6.15. The van der Waals surface area contributed by atoms with Crippen molar-refractivity contribution in [2.45, 2.75) is 52.1 Å². The number of hydrogen-bond acceptors (Lipinski definition) is 4. The van der Waals surface area contributed by atoms with Crippen molar-refractivity contribution in [3.8, 4) is 0 Å². The lowest BCUT2D eigenvalue weighted by Crippen LogP contribution is -2.54. The molecule has 3 heterocycles. The summed E-state index contributed by atoms with van der Waals surface area (Å²) in [6.07, 6.45) is 6.82. The van der Waals surface area contributed by atoms with Crippen LogP contribution in [0.3, 0.4) is 0 Å². The third-order valence-corrected chi connectivity index (χ3v) is 6.19. The van der Waals surface area contributed by atoms with E-state index in [4.69, 9.17) is 0 Å². The van der Waals surface area contributed by atoms with Gasteiger partial charge in [-0.3, -0.25) is 14.6 Å². The van der Waals surface area contributed by atoms with Crippen LogP contribution in [-0.2, 0) is 16.0 Å². The number of carbonyl (C=O) groups is 2. The van der Waals surface area contributed by atoms with Crippen molar-refractivity contribution in [3.63, 3.8) is 0 Å². The van der Waals surface area contributed by atoms with Gasteiger partial charge in [0.05, 0.1) is 0 Å². The van der Waals surface area contributed by atoms with Gasteiger partial charge < -0.3 is 14.9 Å². The zero-order valence-corrected chi connectivity index (χ0v) is 16.4. The lowest BCUT2D eigenvalue weighted by molar-refractivity contribution is -0.148. The third-order valence-electron chi connectivity index (χ3n) is 6.19. The third kappa shape index (κ3) is 4.67. The maximum absolute atomic E-state index is 12.4. The minimum absolute atomic E-state index is 0.0654. The van der Waals surface area contributed by atoms with Crippen LogP contribution in [-0.4, -0.2) is 64.0 Å². The zero-order valence-electron chi connectivity index (χ0n) is 16.4. The maximum atomic E-state index is 12.4. The summed E-state index contributed by atoms with van der Waals surface area (Å²) < 4.78 is 0. The van der Waals surface area contributed by atoms with E-state index in [0.29, 0.717) is 19.5 Å². The standard InChI is InChI=1S/C21H31N3O3/c1-16(2)19(26)20(27)23-13-8-21(9-14-23)7-3-18(25)24(15-21)12-6-17-4-10-22-11-5-17/h4-5,10-11,16,19,26H,3,6-9,12-15H2,1-2H3/t19-/m0/s1. The van der Waals surface area contributed by atoms with E-state index in [9.17, 15) is 14.7 Å². The second kappa shape index (κ2) is 8.38. The van der Waals surface area contributed by atoms with E-state index in [1.54, 1.807) is 17.3 Å². The molecule has 2 aliphatic heterocycles. The molecule has 1 aromatic rings. The highest BCUT2D eigenvalue weighted by molar-refractivity contribution is 5.81. The van der Waals surface area contributed by atoms with Crippen LogP contribution in [0.5, 0.6) is 0 Å². The number of rotatable bonds is 5. The van der Waals surface area contributed by atoms with Crippen LogP contribution in [0, 0.1) is 11.3 Å². The number of aliphatic hydroxyl groups excluding tert-OH is 1. The molecule has 3 rings (SSSR count). The number of carbonyl (C=O) groups excluding carboxylic acids is 2. The van der Waals surface area contributed by atoms with Crippen LogP contribution in [0.1, 0.15) is 45.1 Å². The summed E-state index contributed by atoms with van der Waals surface area (Å²) in [5.74, 6) is 0.0223. The van der Waals surface area contributed by atoms with Crippen molar-refractivity contribution < 1.29 is 14.7 Å². The molecule has 1 aromatic heterocycles. The van der Waals surface area contributed by atoms with E-state index < -0.39 is 6.10 Å². The number of aromatic nitrogens is 1. The van der Waals surface area contributed by atoms with Crippen molar-refractivity contribution in [1.29, 1.82) is 0 Å².